The van der Waals surface area contributed by atoms with E-state index in [2.05, 4.69) is 10.0 Å². The summed E-state index contributed by atoms with van der Waals surface area (Å²) < 4.78 is 32.6. The van der Waals surface area contributed by atoms with Gasteiger partial charge in [-0.25, -0.2) is 13.1 Å². The van der Waals surface area contributed by atoms with E-state index in [-0.39, 0.29) is 10.8 Å². The second-order valence-electron chi connectivity index (χ2n) is 6.65. The third-order valence-corrected chi connectivity index (χ3v) is 4.77. The highest BCUT2D eigenvalue weighted by Crippen LogP contribution is 2.17. The molecular weight excluding hydrogens is 340 g/mol. The number of rotatable bonds is 5. The number of hydrogen-bond donors (Lipinski definition) is 2. The molecule has 1 amide bonds. The van der Waals surface area contributed by atoms with E-state index in [9.17, 15) is 13.2 Å². The maximum Gasteiger partial charge on any atom is 0.248 e. The molecule has 1 heterocycles. The summed E-state index contributed by atoms with van der Waals surface area (Å²) in [4.78, 5) is 12.1. The fraction of sp³-hybridized carbons (Fsp3) is 0.278. The molecule has 0 radical (unpaired) electrons. The van der Waals surface area contributed by atoms with Crippen molar-refractivity contribution in [1.29, 1.82) is 0 Å². The van der Waals surface area contributed by atoms with Gasteiger partial charge in [0.1, 0.15) is 11.5 Å². The highest BCUT2D eigenvalue weighted by atomic mass is 32.2. The topological polar surface area (TPSA) is 88.4 Å². The van der Waals surface area contributed by atoms with Gasteiger partial charge in [-0.3, -0.25) is 4.79 Å². The first-order valence-electron chi connectivity index (χ1n) is 7.75. The molecule has 0 bridgehead atoms. The van der Waals surface area contributed by atoms with E-state index in [1.807, 2.05) is 6.92 Å². The molecule has 0 spiro atoms. The van der Waals surface area contributed by atoms with E-state index >= 15 is 0 Å². The van der Waals surface area contributed by atoms with Crippen molar-refractivity contribution in [3.8, 4) is 0 Å². The Morgan fingerprint density at radius 2 is 1.88 bits per heavy atom. The highest BCUT2D eigenvalue weighted by molar-refractivity contribution is 7.89. The summed E-state index contributed by atoms with van der Waals surface area (Å²) in [5.41, 5.74) is -0.204. The second kappa shape index (κ2) is 7.25. The molecule has 7 heteroatoms. The molecule has 1 aromatic carbocycles. The molecule has 0 unspecified atom stereocenters. The molecule has 0 atom stereocenters. The van der Waals surface area contributed by atoms with Crippen LogP contribution in [0.15, 0.2) is 51.8 Å². The minimum atomic E-state index is -3.66. The zero-order valence-corrected chi connectivity index (χ0v) is 15.5. The van der Waals surface area contributed by atoms with Gasteiger partial charge in [-0.1, -0.05) is 6.07 Å². The molecule has 0 aliphatic rings. The van der Waals surface area contributed by atoms with Crippen molar-refractivity contribution in [2.45, 2.75) is 38.1 Å². The normalized spacial score (nSPS) is 12.5. The smallest absolute Gasteiger partial charge is 0.248 e. The molecule has 0 saturated carbocycles. The fourth-order valence-corrected chi connectivity index (χ4v) is 3.55. The van der Waals surface area contributed by atoms with Gasteiger partial charge in [0.05, 0.1) is 4.90 Å². The zero-order valence-electron chi connectivity index (χ0n) is 14.7. The van der Waals surface area contributed by atoms with Gasteiger partial charge in [-0.15, -0.1) is 0 Å². The Hall–Kier alpha value is -2.38. The number of nitrogens with one attached hydrogen (secondary N) is 2. The maximum absolute atomic E-state index is 12.3. The van der Waals surface area contributed by atoms with Crippen LogP contribution in [0.5, 0.6) is 0 Å². The van der Waals surface area contributed by atoms with E-state index in [1.54, 1.807) is 51.1 Å². The molecule has 2 aromatic rings. The summed E-state index contributed by atoms with van der Waals surface area (Å²) >= 11 is 0. The molecule has 134 valence electrons. The Morgan fingerprint density at radius 3 is 2.48 bits per heavy atom. The molecule has 25 heavy (non-hydrogen) atoms. The third kappa shape index (κ3) is 5.88. The van der Waals surface area contributed by atoms with Crippen LogP contribution in [-0.4, -0.2) is 19.9 Å². The SMILES string of the molecule is Cc1ccc(/C=C/C(=O)Nc2cccc(S(=O)(=O)NC(C)(C)C)c2)o1. The first-order valence-corrected chi connectivity index (χ1v) is 9.23. The number of sulfonamides is 1. The minimum absolute atomic E-state index is 0.0888. The lowest BCUT2D eigenvalue weighted by molar-refractivity contribution is -0.111. The summed E-state index contributed by atoms with van der Waals surface area (Å²) in [6.45, 7) is 7.10. The number of hydrogen-bond acceptors (Lipinski definition) is 4. The quantitative estimate of drug-likeness (QED) is 0.799. The van der Waals surface area contributed by atoms with Gasteiger partial charge in [0, 0.05) is 17.3 Å². The summed E-state index contributed by atoms with van der Waals surface area (Å²) in [6.07, 6.45) is 2.87. The number of furan rings is 1. The van der Waals surface area contributed by atoms with Gasteiger partial charge >= 0.3 is 0 Å². The van der Waals surface area contributed by atoms with E-state index < -0.39 is 15.6 Å². The Balaban J connectivity index is 2.11. The van der Waals surface area contributed by atoms with Gasteiger partial charge in [0.25, 0.3) is 0 Å². The Bertz CT molecular complexity index is 890. The number of amides is 1. The third-order valence-electron chi connectivity index (χ3n) is 3.01. The van der Waals surface area contributed by atoms with Crippen molar-refractivity contribution in [3.63, 3.8) is 0 Å². The predicted octanol–water partition coefficient (Wildman–Crippen LogP) is 3.32. The van der Waals surface area contributed by atoms with E-state index in [4.69, 9.17) is 4.42 Å². The van der Waals surface area contributed by atoms with Crippen LogP contribution in [0.1, 0.15) is 32.3 Å². The monoisotopic (exact) mass is 362 g/mol. The van der Waals surface area contributed by atoms with Gasteiger partial charge in [-0.2, -0.15) is 0 Å². The summed E-state index contributed by atoms with van der Waals surface area (Å²) in [5.74, 6) is 0.940. The number of aryl methyl sites for hydroxylation is 1. The summed E-state index contributed by atoms with van der Waals surface area (Å²) in [5, 5.41) is 2.63. The Morgan fingerprint density at radius 1 is 1.16 bits per heavy atom. The van der Waals surface area contributed by atoms with Crippen LogP contribution in [0, 0.1) is 6.92 Å². The summed E-state index contributed by atoms with van der Waals surface area (Å²) in [7, 11) is -3.66. The van der Waals surface area contributed by atoms with Crippen molar-refractivity contribution >= 4 is 27.7 Å². The lowest BCUT2D eigenvalue weighted by atomic mass is 10.1. The first kappa shape index (κ1) is 19.0. The van der Waals surface area contributed by atoms with Crippen LogP contribution in [0.25, 0.3) is 6.08 Å². The van der Waals surface area contributed by atoms with Crippen LogP contribution in [0.2, 0.25) is 0 Å². The molecule has 2 N–H and O–H groups in total. The molecule has 0 aliphatic carbocycles. The predicted molar refractivity (Wildman–Crippen MR) is 97.6 cm³/mol. The molecule has 0 aliphatic heterocycles. The number of carbonyl (C=O) groups is 1. The van der Waals surface area contributed by atoms with Crippen LogP contribution >= 0.6 is 0 Å². The van der Waals surface area contributed by atoms with Crippen molar-refractivity contribution in [2.75, 3.05) is 5.32 Å². The first-order chi connectivity index (χ1) is 11.5. The van der Waals surface area contributed by atoms with Crippen LogP contribution < -0.4 is 10.0 Å². The fourth-order valence-electron chi connectivity index (χ4n) is 2.09. The molecule has 6 nitrogen and oxygen atoms in total. The average Bonchev–Trinajstić information content (AvgIpc) is 2.89. The molecule has 0 saturated heterocycles. The van der Waals surface area contributed by atoms with E-state index in [1.165, 1.54) is 18.2 Å². The minimum Gasteiger partial charge on any atom is -0.462 e. The van der Waals surface area contributed by atoms with Gasteiger partial charge in [0.2, 0.25) is 15.9 Å². The molecule has 2 rings (SSSR count). The number of benzene rings is 1. The van der Waals surface area contributed by atoms with Crippen molar-refractivity contribution < 1.29 is 17.6 Å². The van der Waals surface area contributed by atoms with Gasteiger partial charge in [-0.05, 0) is 64.1 Å². The molecule has 1 aromatic heterocycles. The van der Waals surface area contributed by atoms with Crippen LogP contribution in [-0.2, 0) is 14.8 Å². The highest BCUT2D eigenvalue weighted by Gasteiger charge is 2.22. The van der Waals surface area contributed by atoms with Crippen LogP contribution in [0.4, 0.5) is 5.69 Å². The average molecular weight is 362 g/mol. The van der Waals surface area contributed by atoms with Crippen molar-refractivity contribution in [1.82, 2.24) is 4.72 Å². The lowest BCUT2D eigenvalue weighted by Crippen LogP contribution is -2.40. The van der Waals surface area contributed by atoms with E-state index in [0.717, 1.165) is 5.76 Å². The zero-order chi connectivity index (χ0) is 18.7. The standard InChI is InChI=1S/C18H22N2O4S/c1-13-8-9-15(24-13)10-11-17(21)19-14-6-5-7-16(12-14)25(22,23)20-18(2,3)4/h5-12,20H,1-4H3,(H,19,21)/b11-10+. The van der Waals surface area contributed by atoms with E-state index in [0.29, 0.717) is 11.4 Å². The van der Waals surface area contributed by atoms with Crippen molar-refractivity contribution in [2.24, 2.45) is 0 Å². The Labute approximate surface area is 148 Å². The Kier molecular flexibility index (Phi) is 5.49. The lowest BCUT2D eigenvalue weighted by Gasteiger charge is -2.20. The number of anilines is 1. The van der Waals surface area contributed by atoms with Gasteiger partial charge < -0.3 is 9.73 Å². The molecule has 0 fully saturated rings. The van der Waals surface area contributed by atoms with Crippen molar-refractivity contribution in [3.05, 3.63) is 54.0 Å². The second-order valence-corrected chi connectivity index (χ2v) is 8.34. The number of carbonyl (C=O) groups excluding carboxylic acids is 1. The molecular formula is C18H22N2O4S. The van der Waals surface area contributed by atoms with Crippen LogP contribution in [0.3, 0.4) is 0 Å². The largest absolute Gasteiger partial charge is 0.462 e. The summed E-state index contributed by atoms with van der Waals surface area (Å²) in [6, 6.07) is 9.64. The maximum atomic E-state index is 12.3. The van der Waals surface area contributed by atoms with Gasteiger partial charge in [0.15, 0.2) is 0 Å².